The molecule has 0 saturated heterocycles. The van der Waals surface area contributed by atoms with E-state index in [0.717, 1.165) is 54.5 Å². The topological polar surface area (TPSA) is 62.5 Å². The second kappa shape index (κ2) is 7.78. The van der Waals surface area contributed by atoms with Crippen molar-refractivity contribution >= 4 is 22.8 Å². The Morgan fingerprint density at radius 1 is 1.30 bits per heavy atom. The first kappa shape index (κ1) is 18.1. The smallest absolute Gasteiger partial charge is 0.272 e. The van der Waals surface area contributed by atoms with Crippen molar-refractivity contribution in [3.63, 3.8) is 0 Å². The first-order chi connectivity index (χ1) is 13.2. The van der Waals surface area contributed by atoms with Crippen LogP contribution < -0.4 is 5.32 Å². The van der Waals surface area contributed by atoms with Crippen LogP contribution in [0, 0.1) is 0 Å². The fourth-order valence-corrected chi connectivity index (χ4v) is 4.00. The molecule has 6 nitrogen and oxygen atoms in total. The highest BCUT2D eigenvalue weighted by Crippen LogP contribution is 2.39. The largest absolute Gasteiger partial charge is 0.344 e. The number of carbonyl (C=O) groups excluding carboxylic acids is 1. The highest BCUT2D eigenvalue weighted by atomic mass is 32.1. The quantitative estimate of drug-likeness (QED) is 0.647. The number of amides is 1. The number of imidazole rings is 1. The van der Waals surface area contributed by atoms with Crippen molar-refractivity contribution in [1.29, 1.82) is 0 Å². The van der Waals surface area contributed by atoms with Crippen molar-refractivity contribution in [1.82, 2.24) is 24.6 Å². The van der Waals surface area contributed by atoms with E-state index in [1.165, 1.54) is 0 Å². The Labute approximate surface area is 163 Å². The Balaban J connectivity index is 1.44. The molecule has 1 amide bonds. The van der Waals surface area contributed by atoms with Crippen LogP contribution in [0.4, 0.5) is 0 Å². The molecule has 0 aromatic carbocycles. The van der Waals surface area contributed by atoms with Crippen LogP contribution in [0.25, 0.3) is 5.52 Å². The van der Waals surface area contributed by atoms with Crippen LogP contribution in [0.1, 0.15) is 59.6 Å². The standard InChI is InChI=1S/C20H25N5OS/c1-3-24(4-2)12-15-13-27-17(22-15)11-21-20(26)18-16-7-5-6-10-25(16)19(23-18)14-8-9-14/h5-7,10,13-14H,3-4,8-9,11-12H2,1-2H3,(H,21,26). The molecule has 0 aliphatic heterocycles. The predicted molar refractivity (Wildman–Crippen MR) is 107 cm³/mol. The summed E-state index contributed by atoms with van der Waals surface area (Å²) in [7, 11) is 0. The average molecular weight is 384 g/mol. The normalized spacial score (nSPS) is 14.2. The van der Waals surface area contributed by atoms with Gasteiger partial charge < -0.3 is 9.72 Å². The Morgan fingerprint density at radius 2 is 2.11 bits per heavy atom. The molecule has 3 heterocycles. The number of thiazole rings is 1. The van der Waals surface area contributed by atoms with Gasteiger partial charge in [-0.25, -0.2) is 9.97 Å². The summed E-state index contributed by atoms with van der Waals surface area (Å²) in [6.45, 7) is 7.62. The number of pyridine rings is 1. The maximum Gasteiger partial charge on any atom is 0.272 e. The highest BCUT2D eigenvalue weighted by molar-refractivity contribution is 7.09. The lowest BCUT2D eigenvalue weighted by Gasteiger charge is -2.15. The molecule has 1 aliphatic carbocycles. The number of rotatable bonds is 8. The molecule has 142 valence electrons. The molecule has 1 saturated carbocycles. The zero-order valence-electron chi connectivity index (χ0n) is 15.8. The Kier molecular flexibility index (Phi) is 5.22. The Hall–Kier alpha value is -2.25. The summed E-state index contributed by atoms with van der Waals surface area (Å²) in [6.07, 6.45) is 4.31. The van der Waals surface area contributed by atoms with Crippen LogP contribution in [0.2, 0.25) is 0 Å². The highest BCUT2D eigenvalue weighted by Gasteiger charge is 2.30. The van der Waals surface area contributed by atoms with Gasteiger partial charge in [0.1, 0.15) is 10.8 Å². The van der Waals surface area contributed by atoms with E-state index in [1.807, 2.05) is 24.4 Å². The molecule has 1 aliphatic rings. The van der Waals surface area contributed by atoms with Crippen LogP contribution in [0.15, 0.2) is 29.8 Å². The van der Waals surface area contributed by atoms with Crippen LogP contribution >= 0.6 is 11.3 Å². The van der Waals surface area contributed by atoms with Gasteiger partial charge in [-0.3, -0.25) is 9.69 Å². The summed E-state index contributed by atoms with van der Waals surface area (Å²) < 4.78 is 2.05. The summed E-state index contributed by atoms with van der Waals surface area (Å²) >= 11 is 1.60. The van der Waals surface area contributed by atoms with Crippen molar-refractivity contribution < 1.29 is 4.79 Å². The van der Waals surface area contributed by atoms with Gasteiger partial charge in [0.25, 0.3) is 5.91 Å². The lowest BCUT2D eigenvalue weighted by atomic mass is 10.3. The summed E-state index contributed by atoms with van der Waals surface area (Å²) in [5, 5.41) is 6.00. The van der Waals surface area contributed by atoms with E-state index in [2.05, 4.69) is 43.8 Å². The molecule has 0 radical (unpaired) electrons. The van der Waals surface area contributed by atoms with Gasteiger partial charge in [-0.05, 0) is 38.1 Å². The molecule has 1 N–H and O–H groups in total. The number of nitrogens with one attached hydrogen (secondary N) is 1. The number of nitrogens with zero attached hydrogens (tertiary/aromatic N) is 4. The summed E-state index contributed by atoms with van der Waals surface area (Å²) in [4.78, 5) is 24.4. The van der Waals surface area contributed by atoms with E-state index >= 15 is 0 Å². The average Bonchev–Trinajstić information content (AvgIpc) is 3.32. The summed E-state index contributed by atoms with van der Waals surface area (Å²) in [5.74, 6) is 1.36. The fraction of sp³-hybridized carbons (Fsp3) is 0.450. The molecule has 0 bridgehead atoms. The van der Waals surface area contributed by atoms with Gasteiger partial charge in [0.05, 0.1) is 17.8 Å². The Bertz CT molecular complexity index is 939. The number of hydrogen-bond acceptors (Lipinski definition) is 5. The zero-order valence-corrected chi connectivity index (χ0v) is 16.6. The van der Waals surface area contributed by atoms with E-state index in [-0.39, 0.29) is 5.91 Å². The fourth-order valence-electron chi connectivity index (χ4n) is 3.28. The first-order valence-electron chi connectivity index (χ1n) is 9.60. The van der Waals surface area contributed by atoms with Gasteiger partial charge in [0.2, 0.25) is 0 Å². The van der Waals surface area contributed by atoms with E-state index < -0.39 is 0 Å². The van der Waals surface area contributed by atoms with Crippen LogP contribution in [0.3, 0.4) is 0 Å². The number of fused-ring (bicyclic) bond motifs is 1. The third-order valence-electron chi connectivity index (χ3n) is 5.01. The van der Waals surface area contributed by atoms with Crippen LogP contribution in [-0.2, 0) is 13.1 Å². The summed E-state index contributed by atoms with van der Waals surface area (Å²) in [5.41, 5.74) is 2.45. The minimum Gasteiger partial charge on any atom is -0.344 e. The van der Waals surface area contributed by atoms with E-state index in [0.29, 0.717) is 18.2 Å². The van der Waals surface area contributed by atoms with Crippen LogP contribution in [0.5, 0.6) is 0 Å². The number of hydrogen-bond donors (Lipinski definition) is 1. The molecule has 27 heavy (non-hydrogen) atoms. The molecular formula is C20H25N5OS. The number of aromatic nitrogens is 3. The molecular weight excluding hydrogens is 358 g/mol. The molecule has 1 fully saturated rings. The van der Waals surface area contributed by atoms with E-state index in [9.17, 15) is 4.79 Å². The van der Waals surface area contributed by atoms with Gasteiger partial charge in [0.15, 0.2) is 5.69 Å². The third kappa shape index (κ3) is 3.89. The monoisotopic (exact) mass is 383 g/mol. The minimum absolute atomic E-state index is 0.133. The molecule has 0 spiro atoms. The SMILES string of the molecule is CCN(CC)Cc1csc(CNC(=O)c2nc(C3CC3)n3ccccc23)n1. The molecule has 3 aromatic heterocycles. The van der Waals surface area contributed by atoms with Crippen molar-refractivity contribution in [2.45, 2.75) is 45.7 Å². The summed E-state index contributed by atoms with van der Waals surface area (Å²) in [6, 6.07) is 5.89. The van der Waals surface area contributed by atoms with E-state index in [4.69, 9.17) is 0 Å². The van der Waals surface area contributed by atoms with Crippen molar-refractivity contribution in [3.05, 3.63) is 52.0 Å². The maximum absolute atomic E-state index is 12.7. The lowest BCUT2D eigenvalue weighted by molar-refractivity contribution is 0.0948. The van der Waals surface area contributed by atoms with Gasteiger partial charge >= 0.3 is 0 Å². The molecule has 3 aromatic rings. The molecule has 4 rings (SSSR count). The lowest BCUT2D eigenvalue weighted by Crippen LogP contribution is -2.24. The second-order valence-corrected chi connectivity index (χ2v) is 7.87. The maximum atomic E-state index is 12.7. The van der Waals surface area contributed by atoms with E-state index in [1.54, 1.807) is 11.3 Å². The molecule has 7 heteroatoms. The predicted octanol–water partition coefficient (Wildman–Crippen LogP) is 3.44. The Morgan fingerprint density at radius 3 is 2.85 bits per heavy atom. The number of carbonyl (C=O) groups is 1. The molecule has 0 unspecified atom stereocenters. The van der Waals surface area contributed by atoms with Crippen molar-refractivity contribution in [3.8, 4) is 0 Å². The second-order valence-electron chi connectivity index (χ2n) is 6.93. The van der Waals surface area contributed by atoms with Crippen molar-refractivity contribution in [2.75, 3.05) is 13.1 Å². The van der Waals surface area contributed by atoms with Gasteiger partial charge in [-0.2, -0.15) is 0 Å². The minimum atomic E-state index is -0.133. The first-order valence-corrected chi connectivity index (χ1v) is 10.5. The zero-order chi connectivity index (χ0) is 18.8. The van der Waals surface area contributed by atoms with Gasteiger partial charge in [-0.15, -0.1) is 11.3 Å². The van der Waals surface area contributed by atoms with Gasteiger partial charge in [0, 0.05) is 24.0 Å². The van der Waals surface area contributed by atoms with Crippen molar-refractivity contribution in [2.24, 2.45) is 0 Å². The van der Waals surface area contributed by atoms with Gasteiger partial charge in [-0.1, -0.05) is 19.9 Å². The molecule has 0 atom stereocenters. The van der Waals surface area contributed by atoms with Crippen LogP contribution in [-0.4, -0.2) is 38.3 Å². The third-order valence-corrected chi connectivity index (χ3v) is 5.91.